The lowest BCUT2D eigenvalue weighted by atomic mass is 10.0. The number of hydrogen-bond acceptors (Lipinski definition) is 5. The molecule has 3 heterocycles. The van der Waals surface area contributed by atoms with E-state index in [0.29, 0.717) is 28.1 Å². The third kappa shape index (κ3) is 1.69. The monoisotopic (exact) mass is 313 g/mol. The van der Waals surface area contributed by atoms with Crippen LogP contribution in [-0.2, 0) is 9.59 Å². The maximum absolute atomic E-state index is 12.7. The lowest BCUT2D eigenvalue weighted by Crippen LogP contribution is -2.53. The average Bonchev–Trinajstić information content (AvgIpc) is 2.78. The molecule has 3 amide bonds. The molecular formula is C15H11N3O3S. The lowest BCUT2D eigenvalue weighted by Gasteiger charge is -2.29. The molecular weight excluding hydrogens is 302 g/mol. The van der Waals surface area contributed by atoms with Crippen molar-refractivity contribution in [3.63, 3.8) is 0 Å². The number of carbonyl (C=O) groups excluding carboxylic acids is 3. The van der Waals surface area contributed by atoms with E-state index in [1.807, 2.05) is 6.07 Å². The van der Waals surface area contributed by atoms with Crippen LogP contribution in [0.1, 0.15) is 23.2 Å². The summed E-state index contributed by atoms with van der Waals surface area (Å²) in [5.41, 5.74) is 0.514. The molecule has 1 fully saturated rings. The lowest BCUT2D eigenvalue weighted by molar-refractivity contribution is -0.134. The summed E-state index contributed by atoms with van der Waals surface area (Å²) >= 11 is 4.37. The smallest absolute Gasteiger partial charge is 0.260 e. The molecule has 1 atom stereocenters. The molecule has 0 aliphatic carbocycles. The average molecular weight is 313 g/mol. The van der Waals surface area contributed by atoms with Gasteiger partial charge in [-0.3, -0.25) is 24.6 Å². The van der Waals surface area contributed by atoms with Crippen molar-refractivity contribution in [2.24, 2.45) is 0 Å². The second-order valence-corrected chi connectivity index (χ2v) is 5.82. The van der Waals surface area contributed by atoms with Crippen molar-refractivity contribution in [1.82, 2.24) is 10.3 Å². The second kappa shape index (κ2) is 4.54. The van der Waals surface area contributed by atoms with E-state index in [2.05, 4.69) is 22.9 Å². The Morgan fingerprint density at radius 2 is 2.09 bits per heavy atom. The highest BCUT2D eigenvalue weighted by Gasteiger charge is 2.41. The largest absolute Gasteiger partial charge is 0.295 e. The van der Waals surface area contributed by atoms with Crippen molar-refractivity contribution in [2.75, 3.05) is 4.90 Å². The molecule has 1 aromatic carbocycles. The minimum Gasteiger partial charge on any atom is -0.295 e. The molecule has 1 N–H and O–H groups in total. The summed E-state index contributed by atoms with van der Waals surface area (Å²) in [5.74, 6) is -0.569. The van der Waals surface area contributed by atoms with Crippen molar-refractivity contribution in [2.45, 2.75) is 23.8 Å². The van der Waals surface area contributed by atoms with E-state index in [0.717, 1.165) is 5.39 Å². The van der Waals surface area contributed by atoms with Gasteiger partial charge in [0.05, 0.1) is 5.56 Å². The van der Waals surface area contributed by atoms with E-state index >= 15 is 0 Å². The normalized spacial score (nSPS) is 20.7. The van der Waals surface area contributed by atoms with Gasteiger partial charge in [0.25, 0.3) is 5.91 Å². The van der Waals surface area contributed by atoms with Crippen molar-refractivity contribution in [3.8, 4) is 0 Å². The van der Waals surface area contributed by atoms with Gasteiger partial charge < -0.3 is 0 Å². The Morgan fingerprint density at radius 1 is 1.27 bits per heavy atom. The first-order valence-corrected chi connectivity index (χ1v) is 7.30. The highest BCUT2D eigenvalue weighted by molar-refractivity contribution is 7.80. The molecule has 0 radical (unpaired) electrons. The topological polar surface area (TPSA) is 79.4 Å². The molecule has 0 saturated carbocycles. The van der Waals surface area contributed by atoms with Crippen LogP contribution in [0.2, 0.25) is 0 Å². The van der Waals surface area contributed by atoms with Crippen molar-refractivity contribution in [1.29, 1.82) is 0 Å². The summed E-state index contributed by atoms with van der Waals surface area (Å²) in [6.07, 6.45) is 2.09. The number of nitrogens with one attached hydrogen (secondary N) is 1. The van der Waals surface area contributed by atoms with E-state index < -0.39 is 11.9 Å². The Hall–Kier alpha value is -2.41. The number of piperidine rings is 1. The van der Waals surface area contributed by atoms with E-state index in [-0.39, 0.29) is 18.2 Å². The van der Waals surface area contributed by atoms with Crippen LogP contribution in [0.25, 0.3) is 10.8 Å². The van der Waals surface area contributed by atoms with Crippen LogP contribution < -0.4 is 10.2 Å². The number of thiol groups is 1. The van der Waals surface area contributed by atoms with E-state index in [4.69, 9.17) is 0 Å². The molecule has 7 heteroatoms. The first-order chi connectivity index (χ1) is 10.6. The van der Waals surface area contributed by atoms with Gasteiger partial charge in [-0.2, -0.15) is 0 Å². The number of hydrogen-bond donors (Lipinski definition) is 2. The van der Waals surface area contributed by atoms with Crippen LogP contribution >= 0.6 is 12.6 Å². The number of imide groups is 1. The molecule has 0 spiro atoms. The molecule has 2 aliphatic rings. The number of nitrogens with zero attached hydrogens (tertiary/aromatic N) is 2. The fourth-order valence-electron chi connectivity index (χ4n) is 3.07. The predicted octanol–water partition coefficient (Wildman–Crippen LogP) is 1.29. The van der Waals surface area contributed by atoms with Gasteiger partial charge in [0.2, 0.25) is 11.8 Å². The minimum atomic E-state index is -0.709. The molecule has 2 aliphatic heterocycles. The number of carbonyl (C=O) groups is 3. The molecule has 0 bridgehead atoms. The van der Waals surface area contributed by atoms with Crippen LogP contribution in [0.3, 0.4) is 0 Å². The first-order valence-electron chi connectivity index (χ1n) is 6.86. The van der Waals surface area contributed by atoms with Gasteiger partial charge >= 0.3 is 0 Å². The summed E-state index contributed by atoms with van der Waals surface area (Å²) in [7, 11) is 0. The molecule has 1 saturated heterocycles. The SMILES string of the molecule is O=C1CCC(N2C(=O)c3cccc4c(S)cnc2c34)C(=O)N1. The predicted molar refractivity (Wildman–Crippen MR) is 82.0 cm³/mol. The Morgan fingerprint density at radius 3 is 2.86 bits per heavy atom. The molecule has 22 heavy (non-hydrogen) atoms. The summed E-state index contributed by atoms with van der Waals surface area (Å²) < 4.78 is 0. The van der Waals surface area contributed by atoms with E-state index in [9.17, 15) is 14.4 Å². The molecule has 1 aromatic heterocycles. The fourth-order valence-corrected chi connectivity index (χ4v) is 3.31. The summed E-state index contributed by atoms with van der Waals surface area (Å²) in [4.78, 5) is 42.5. The molecule has 2 aromatic rings. The number of benzene rings is 1. The van der Waals surface area contributed by atoms with Gasteiger partial charge in [0, 0.05) is 28.3 Å². The van der Waals surface area contributed by atoms with Crippen molar-refractivity contribution in [3.05, 3.63) is 30.0 Å². The van der Waals surface area contributed by atoms with Crippen LogP contribution in [0.5, 0.6) is 0 Å². The Bertz CT molecular complexity index is 864. The van der Waals surface area contributed by atoms with Gasteiger partial charge in [-0.25, -0.2) is 4.98 Å². The fraction of sp³-hybridized carbons (Fsp3) is 0.200. The standard InChI is InChI=1S/C15H11N3O3S/c19-11-5-4-9(14(20)17-11)18-13-12-7(10(22)6-16-13)2-1-3-8(12)15(18)21/h1-3,6,9,22H,4-5H2,(H,17,19,20). The highest BCUT2D eigenvalue weighted by atomic mass is 32.1. The first kappa shape index (κ1) is 13.3. The van der Waals surface area contributed by atoms with Crippen LogP contribution in [0, 0.1) is 0 Å². The van der Waals surface area contributed by atoms with E-state index in [1.165, 1.54) is 4.90 Å². The Labute approximate surface area is 130 Å². The maximum atomic E-state index is 12.7. The van der Waals surface area contributed by atoms with Gasteiger partial charge in [-0.05, 0) is 12.5 Å². The third-order valence-electron chi connectivity index (χ3n) is 4.07. The zero-order chi connectivity index (χ0) is 15.4. The molecule has 6 nitrogen and oxygen atoms in total. The Kier molecular flexibility index (Phi) is 2.74. The number of anilines is 1. The summed E-state index contributed by atoms with van der Waals surface area (Å²) in [5, 5.41) is 3.82. The van der Waals surface area contributed by atoms with Crippen LogP contribution in [0.15, 0.2) is 29.3 Å². The third-order valence-corrected chi connectivity index (χ3v) is 4.43. The number of pyridine rings is 1. The zero-order valence-corrected chi connectivity index (χ0v) is 12.3. The Balaban J connectivity index is 1.89. The second-order valence-electron chi connectivity index (χ2n) is 5.34. The molecule has 110 valence electrons. The van der Waals surface area contributed by atoms with Crippen LogP contribution in [-0.4, -0.2) is 28.7 Å². The molecule has 4 rings (SSSR count). The van der Waals surface area contributed by atoms with Crippen molar-refractivity contribution < 1.29 is 14.4 Å². The number of rotatable bonds is 1. The van der Waals surface area contributed by atoms with Gasteiger partial charge in [-0.1, -0.05) is 12.1 Å². The van der Waals surface area contributed by atoms with Gasteiger partial charge in [0.1, 0.15) is 11.9 Å². The number of aromatic nitrogens is 1. The minimum absolute atomic E-state index is 0.213. The van der Waals surface area contributed by atoms with E-state index in [1.54, 1.807) is 18.3 Å². The highest BCUT2D eigenvalue weighted by Crippen LogP contribution is 2.39. The van der Waals surface area contributed by atoms with Gasteiger partial charge in [-0.15, -0.1) is 12.6 Å². The summed E-state index contributed by atoms with van der Waals surface area (Å²) in [6.45, 7) is 0. The molecule has 1 unspecified atom stereocenters. The number of amides is 3. The maximum Gasteiger partial charge on any atom is 0.260 e. The van der Waals surface area contributed by atoms with Crippen LogP contribution in [0.4, 0.5) is 5.82 Å². The quantitative estimate of drug-likeness (QED) is 0.614. The van der Waals surface area contributed by atoms with Crippen molar-refractivity contribution >= 4 is 46.9 Å². The zero-order valence-electron chi connectivity index (χ0n) is 11.4. The summed E-state index contributed by atoms with van der Waals surface area (Å²) in [6, 6.07) is 4.66. The van der Waals surface area contributed by atoms with Gasteiger partial charge in [0.15, 0.2) is 0 Å².